The molecule has 1 amide bonds. The highest BCUT2D eigenvalue weighted by atomic mass is 19.3. The van der Waals surface area contributed by atoms with Crippen LogP contribution in [0.1, 0.15) is 49.3 Å². The van der Waals surface area contributed by atoms with Crippen LogP contribution in [0.25, 0.3) is 10.9 Å². The highest BCUT2D eigenvalue weighted by molar-refractivity contribution is 6.09. The van der Waals surface area contributed by atoms with E-state index in [-0.39, 0.29) is 18.0 Å². The van der Waals surface area contributed by atoms with Crippen LogP contribution < -0.4 is 10.2 Å². The Morgan fingerprint density at radius 3 is 2.54 bits per heavy atom. The van der Waals surface area contributed by atoms with Crippen LogP contribution in [0, 0.1) is 12.7 Å². The molecule has 1 aromatic heterocycles. The predicted octanol–water partition coefficient (Wildman–Crippen LogP) is 4.49. The summed E-state index contributed by atoms with van der Waals surface area (Å²) in [6.45, 7) is 5.65. The number of likely N-dealkylation sites (N-methyl/N-ethyl adjacent to an activating group) is 2. The Balaban J connectivity index is 1.76. The maximum atomic E-state index is 15.6. The molecule has 0 aliphatic carbocycles. The number of hydrogen-bond acceptors (Lipinski definition) is 7. The van der Waals surface area contributed by atoms with E-state index in [2.05, 4.69) is 15.3 Å². The zero-order chi connectivity index (χ0) is 29.1. The second kappa shape index (κ2) is 9.72. The van der Waals surface area contributed by atoms with Crippen molar-refractivity contribution in [1.29, 1.82) is 0 Å². The number of hydrogen-bond donors (Lipinski definition) is 2. The molecule has 4 rings (SSSR count). The van der Waals surface area contributed by atoms with E-state index in [1.807, 2.05) is 0 Å². The van der Waals surface area contributed by atoms with Crippen LogP contribution in [-0.4, -0.2) is 66.3 Å². The normalized spacial score (nSPS) is 19.9. The molecule has 0 radical (unpaired) electrons. The summed E-state index contributed by atoms with van der Waals surface area (Å²) in [5.41, 5.74) is -2.75. The number of ether oxygens (including phenoxy) is 1. The van der Waals surface area contributed by atoms with Gasteiger partial charge in [0.25, 0.3) is 5.91 Å². The summed E-state index contributed by atoms with van der Waals surface area (Å²) in [5.74, 6) is -4.42. The second-order valence-electron chi connectivity index (χ2n) is 10.8. The van der Waals surface area contributed by atoms with Crippen LogP contribution in [0.5, 0.6) is 0 Å². The third kappa shape index (κ3) is 4.62. The summed E-state index contributed by atoms with van der Waals surface area (Å²) >= 11 is 0. The predicted molar refractivity (Wildman–Crippen MR) is 144 cm³/mol. The molecule has 0 bridgehead atoms. The van der Waals surface area contributed by atoms with E-state index >= 15 is 13.2 Å². The van der Waals surface area contributed by atoms with E-state index < -0.39 is 34.5 Å². The van der Waals surface area contributed by atoms with Crippen LogP contribution in [-0.2, 0) is 21.1 Å². The maximum absolute atomic E-state index is 15.6. The highest BCUT2D eigenvalue weighted by Crippen LogP contribution is 2.45. The van der Waals surface area contributed by atoms with E-state index in [0.717, 1.165) is 13.0 Å². The number of alkyl halides is 2. The first-order chi connectivity index (χ1) is 18.0. The Labute approximate surface area is 225 Å². The van der Waals surface area contributed by atoms with Gasteiger partial charge >= 0.3 is 5.92 Å². The van der Waals surface area contributed by atoms with Crippen molar-refractivity contribution in [3.63, 3.8) is 0 Å². The molecule has 0 saturated heterocycles. The van der Waals surface area contributed by atoms with Gasteiger partial charge < -0.3 is 25.0 Å². The van der Waals surface area contributed by atoms with Gasteiger partial charge in [-0.15, -0.1) is 0 Å². The maximum Gasteiger partial charge on any atom is 0.305 e. The second-order valence-corrected chi connectivity index (χ2v) is 10.8. The van der Waals surface area contributed by atoms with Crippen molar-refractivity contribution in [2.75, 3.05) is 45.0 Å². The fraction of sp³-hybridized carbons (Fsp3) is 0.464. The number of aromatic nitrogens is 2. The molecule has 2 heterocycles. The Hall–Kier alpha value is -3.28. The van der Waals surface area contributed by atoms with Gasteiger partial charge in [-0.3, -0.25) is 4.79 Å². The lowest BCUT2D eigenvalue weighted by atomic mass is 9.89. The highest BCUT2D eigenvalue weighted by Gasteiger charge is 2.52. The molecule has 210 valence electrons. The SMILES string of the molecule is CO[C@@]1(C)C(=O)N(C)c2cc3c(N[C@H](C)c4cccc(C(F)(F)C(C)(O)CN(C)C)c4F)nc(C)nc3cc21. The van der Waals surface area contributed by atoms with Crippen molar-refractivity contribution in [3.8, 4) is 0 Å². The van der Waals surface area contributed by atoms with Gasteiger partial charge in [0.1, 0.15) is 23.1 Å². The van der Waals surface area contributed by atoms with Crippen molar-refractivity contribution < 1.29 is 27.8 Å². The van der Waals surface area contributed by atoms with Gasteiger partial charge in [0.15, 0.2) is 5.60 Å². The molecule has 1 aliphatic heterocycles. The third-order valence-corrected chi connectivity index (χ3v) is 7.41. The number of fused-ring (bicyclic) bond motifs is 2. The summed E-state index contributed by atoms with van der Waals surface area (Å²) in [6, 6.07) is 6.50. The van der Waals surface area contributed by atoms with Gasteiger partial charge in [0.05, 0.1) is 22.8 Å². The number of methoxy groups -OCH3 is 1. The average molecular weight is 546 g/mol. The molecular weight excluding hydrogens is 511 g/mol. The standard InChI is InChI=1S/C28H34F3N5O3/c1-15(17-10-9-11-19(23(17)29)28(30,31)26(3,38)14-35(5)6)32-24-18-12-22-20(13-21(18)33-16(2)34-24)27(4,39-8)25(37)36(22)7/h9-13,15,38H,14H2,1-8H3,(H,32,33,34)/t15-,26?,27-/m1/s1. The minimum atomic E-state index is -3.86. The summed E-state index contributed by atoms with van der Waals surface area (Å²) in [7, 11) is 6.22. The number of amides is 1. The Morgan fingerprint density at radius 1 is 1.26 bits per heavy atom. The fourth-order valence-corrected chi connectivity index (χ4v) is 5.21. The number of carbonyl (C=O) groups excluding carboxylic acids is 1. The molecule has 1 unspecified atom stereocenters. The lowest BCUT2D eigenvalue weighted by molar-refractivity contribution is -0.186. The number of nitrogens with zero attached hydrogens (tertiary/aromatic N) is 4. The van der Waals surface area contributed by atoms with E-state index in [4.69, 9.17) is 4.74 Å². The van der Waals surface area contributed by atoms with E-state index in [0.29, 0.717) is 33.8 Å². The molecule has 2 aromatic carbocycles. The lowest BCUT2D eigenvalue weighted by Gasteiger charge is -2.35. The molecule has 0 fully saturated rings. The number of aliphatic hydroxyl groups is 1. The molecule has 3 aromatic rings. The molecule has 0 saturated carbocycles. The molecule has 2 N–H and O–H groups in total. The molecule has 8 nitrogen and oxygen atoms in total. The molecule has 0 spiro atoms. The first-order valence-electron chi connectivity index (χ1n) is 12.5. The number of aryl methyl sites for hydroxylation is 1. The van der Waals surface area contributed by atoms with Crippen molar-refractivity contribution in [2.24, 2.45) is 0 Å². The van der Waals surface area contributed by atoms with E-state index in [9.17, 15) is 9.90 Å². The number of anilines is 2. The zero-order valence-corrected chi connectivity index (χ0v) is 23.4. The van der Waals surface area contributed by atoms with Gasteiger partial charge in [-0.05, 0) is 60.0 Å². The summed E-state index contributed by atoms with van der Waals surface area (Å²) in [5, 5.41) is 14.3. The Bertz CT molecular complexity index is 1450. The molecule has 11 heteroatoms. The van der Waals surface area contributed by atoms with Crippen LogP contribution in [0.4, 0.5) is 24.7 Å². The van der Waals surface area contributed by atoms with Crippen LogP contribution >= 0.6 is 0 Å². The molecule has 3 atom stereocenters. The topological polar surface area (TPSA) is 90.8 Å². The van der Waals surface area contributed by atoms with Gasteiger partial charge in [-0.2, -0.15) is 8.78 Å². The number of benzene rings is 2. The van der Waals surface area contributed by atoms with Crippen molar-refractivity contribution in [3.05, 3.63) is 58.7 Å². The van der Waals surface area contributed by atoms with Gasteiger partial charge in [0, 0.05) is 37.2 Å². The first-order valence-corrected chi connectivity index (χ1v) is 12.5. The third-order valence-electron chi connectivity index (χ3n) is 7.41. The minimum Gasteiger partial charge on any atom is -0.382 e. The first kappa shape index (κ1) is 28.7. The summed E-state index contributed by atoms with van der Waals surface area (Å²) in [6.07, 6.45) is 0. The smallest absolute Gasteiger partial charge is 0.305 e. The summed E-state index contributed by atoms with van der Waals surface area (Å²) < 4.78 is 52.0. The Kier molecular flexibility index (Phi) is 7.16. The number of carbonyl (C=O) groups is 1. The molecule has 1 aliphatic rings. The van der Waals surface area contributed by atoms with Crippen LogP contribution in [0.15, 0.2) is 30.3 Å². The Morgan fingerprint density at radius 2 is 1.92 bits per heavy atom. The average Bonchev–Trinajstić information content (AvgIpc) is 3.03. The largest absolute Gasteiger partial charge is 0.382 e. The van der Waals surface area contributed by atoms with Crippen molar-refractivity contribution >= 4 is 28.3 Å². The monoisotopic (exact) mass is 545 g/mol. The van der Waals surface area contributed by atoms with Crippen molar-refractivity contribution in [2.45, 2.75) is 50.9 Å². The lowest BCUT2D eigenvalue weighted by Crippen LogP contribution is -2.50. The van der Waals surface area contributed by atoms with Gasteiger partial charge in [-0.25, -0.2) is 14.4 Å². The zero-order valence-electron chi connectivity index (χ0n) is 23.4. The number of halogens is 3. The number of rotatable bonds is 8. The minimum absolute atomic E-state index is 0.0161. The molecular formula is C28H34F3N5O3. The van der Waals surface area contributed by atoms with Crippen LogP contribution in [0.3, 0.4) is 0 Å². The quantitative estimate of drug-likeness (QED) is 0.431. The molecule has 39 heavy (non-hydrogen) atoms. The van der Waals surface area contributed by atoms with Gasteiger partial charge in [-0.1, -0.05) is 12.1 Å². The van der Waals surface area contributed by atoms with Crippen molar-refractivity contribution in [1.82, 2.24) is 14.9 Å². The summed E-state index contributed by atoms with van der Waals surface area (Å²) in [4.78, 5) is 24.8. The fourth-order valence-electron chi connectivity index (χ4n) is 5.21. The van der Waals surface area contributed by atoms with Gasteiger partial charge in [0.2, 0.25) is 0 Å². The van der Waals surface area contributed by atoms with E-state index in [1.54, 1.807) is 54.0 Å². The number of nitrogens with one attached hydrogen (secondary N) is 1. The van der Waals surface area contributed by atoms with E-state index in [1.165, 1.54) is 29.0 Å². The van der Waals surface area contributed by atoms with Crippen LogP contribution in [0.2, 0.25) is 0 Å².